The second-order valence-corrected chi connectivity index (χ2v) is 1.86. The molecule has 4 nitrogen and oxygen atoms in total. The minimum absolute atomic E-state index is 0.259. The molecule has 0 bridgehead atoms. The van der Waals surface area contributed by atoms with Crippen LogP contribution in [-0.2, 0) is 0 Å². The summed E-state index contributed by atoms with van der Waals surface area (Å²) in [6, 6.07) is 0. The summed E-state index contributed by atoms with van der Waals surface area (Å²) in [4.78, 5) is 13.7. The number of hydrogen-bond donors (Lipinski definition) is 0. The van der Waals surface area contributed by atoms with Crippen LogP contribution in [0.5, 0.6) is 0 Å². The molecular weight excluding hydrogens is 138 g/mol. The molecule has 0 aliphatic rings. The average Bonchev–Trinajstić information content (AvgIpc) is 2.37. The number of amides is 1. The molecule has 0 fully saturated rings. The Hall–Kier alpha value is -1.10. The van der Waals surface area contributed by atoms with Gasteiger partial charge in [-0.2, -0.15) is 0 Å². The van der Waals surface area contributed by atoms with Crippen LogP contribution in [0, 0.1) is 0 Å². The first-order valence-electron chi connectivity index (χ1n) is 2.12. The Morgan fingerprint density at radius 1 is 1.89 bits per heavy atom. The maximum absolute atomic E-state index is 10.5. The van der Waals surface area contributed by atoms with Crippen LogP contribution < -0.4 is 0 Å². The maximum Gasteiger partial charge on any atom is 0.297 e. The third kappa shape index (κ3) is 1.17. The van der Waals surface area contributed by atoms with E-state index in [2.05, 4.69) is 21.3 Å². The van der Waals surface area contributed by atoms with Crippen molar-refractivity contribution in [2.24, 2.45) is 4.99 Å². The van der Waals surface area contributed by atoms with E-state index in [1.54, 1.807) is 0 Å². The summed E-state index contributed by atoms with van der Waals surface area (Å²) in [5.41, 5.74) is 0.259. The van der Waals surface area contributed by atoms with Crippen molar-refractivity contribution in [3.8, 4) is 0 Å². The first kappa shape index (κ1) is 6.03. The maximum atomic E-state index is 10.5. The van der Waals surface area contributed by atoms with E-state index in [9.17, 15) is 4.79 Å². The van der Waals surface area contributed by atoms with Gasteiger partial charge in [-0.25, -0.2) is 4.99 Å². The van der Waals surface area contributed by atoms with Gasteiger partial charge in [-0.05, 0) is 18.3 Å². The Morgan fingerprint density at radius 3 is 3.11 bits per heavy atom. The molecule has 5 heteroatoms. The summed E-state index contributed by atoms with van der Waals surface area (Å²) < 4.78 is 3.47. The smallest absolute Gasteiger partial charge is 0.265 e. The lowest BCUT2D eigenvalue weighted by atomic mass is 10.5. The molecule has 0 atom stereocenters. The zero-order chi connectivity index (χ0) is 6.69. The van der Waals surface area contributed by atoms with Gasteiger partial charge in [0.2, 0.25) is 0 Å². The summed E-state index contributed by atoms with van der Waals surface area (Å²) in [5.74, 6) is -0.427. The van der Waals surface area contributed by atoms with Gasteiger partial charge in [0.05, 0.1) is 0 Å². The molecule has 0 spiro atoms. The number of carbonyl (C=O) groups excluding carboxylic acids is 1. The SMILES string of the molecule is C=NC(=O)c1csnn1. The van der Waals surface area contributed by atoms with E-state index >= 15 is 0 Å². The number of hydrogen-bond acceptors (Lipinski definition) is 4. The van der Waals surface area contributed by atoms with Crippen molar-refractivity contribution in [1.82, 2.24) is 9.59 Å². The third-order valence-electron chi connectivity index (χ3n) is 0.723. The monoisotopic (exact) mass is 141 g/mol. The van der Waals surface area contributed by atoms with E-state index in [4.69, 9.17) is 0 Å². The number of nitrogens with zero attached hydrogens (tertiary/aromatic N) is 3. The molecule has 0 aliphatic carbocycles. The van der Waals surface area contributed by atoms with Crippen LogP contribution in [0.1, 0.15) is 10.5 Å². The summed E-state index contributed by atoms with van der Waals surface area (Å²) in [7, 11) is 0. The van der Waals surface area contributed by atoms with Gasteiger partial charge in [0.25, 0.3) is 5.91 Å². The fourth-order valence-electron chi connectivity index (χ4n) is 0.339. The zero-order valence-corrected chi connectivity index (χ0v) is 5.26. The highest BCUT2D eigenvalue weighted by Crippen LogP contribution is 1.97. The average molecular weight is 141 g/mol. The Labute approximate surface area is 55.4 Å². The van der Waals surface area contributed by atoms with E-state index in [1.807, 2.05) is 0 Å². The lowest BCUT2D eigenvalue weighted by Crippen LogP contribution is -1.92. The highest BCUT2D eigenvalue weighted by atomic mass is 32.1. The molecule has 1 aromatic heterocycles. The predicted octanol–water partition coefficient (Wildman–Crippen LogP) is 0.379. The van der Waals surface area contributed by atoms with Gasteiger partial charge < -0.3 is 0 Å². The summed E-state index contributed by atoms with van der Waals surface area (Å²) in [6.07, 6.45) is 0. The van der Waals surface area contributed by atoms with Crippen LogP contribution >= 0.6 is 11.5 Å². The predicted molar refractivity (Wildman–Crippen MR) is 33.8 cm³/mol. The fourth-order valence-corrected chi connectivity index (χ4v) is 0.769. The normalized spacial score (nSPS) is 8.89. The number of aromatic nitrogens is 2. The summed E-state index contributed by atoms with van der Waals surface area (Å²) >= 11 is 1.11. The molecule has 46 valence electrons. The van der Waals surface area contributed by atoms with Gasteiger partial charge in [0.1, 0.15) is 0 Å². The quantitative estimate of drug-likeness (QED) is 0.531. The Balaban J connectivity index is 2.89. The van der Waals surface area contributed by atoms with E-state index in [1.165, 1.54) is 5.38 Å². The largest absolute Gasteiger partial charge is 0.297 e. The van der Waals surface area contributed by atoms with Crippen LogP contribution in [-0.4, -0.2) is 22.2 Å². The topological polar surface area (TPSA) is 55.2 Å². The van der Waals surface area contributed by atoms with Crippen molar-refractivity contribution in [2.45, 2.75) is 0 Å². The van der Waals surface area contributed by atoms with E-state index in [-0.39, 0.29) is 5.69 Å². The first-order chi connectivity index (χ1) is 4.34. The molecule has 0 saturated carbocycles. The Morgan fingerprint density at radius 2 is 2.67 bits per heavy atom. The standard InChI is InChI=1S/C4H3N3OS/c1-5-4(8)3-2-9-7-6-3/h2H,1H2. The Bertz CT molecular complexity index is 218. The lowest BCUT2D eigenvalue weighted by Gasteiger charge is -1.78. The van der Waals surface area contributed by atoms with Gasteiger partial charge in [-0.15, -0.1) is 5.10 Å². The number of aliphatic imine (C=N–C) groups is 1. The van der Waals surface area contributed by atoms with Crippen molar-refractivity contribution in [3.63, 3.8) is 0 Å². The minimum atomic E-state index is -0.427. The third-order valence-corrected chi connectivity index (χ3v) is 1.23. The second kappa shape index (κ2) is 2.45. The van der Waals surface area contributed by atoms with Crippen LogP contribution in [0.2, 0.25) is 0 Å². The van der Waals surface area contributed by atoms with Gasteiger partial charge in [0.15, 0.2) is 5.69 Å². The molecule has 0 saturated heterocycles. The molecular formula is C4H3N3OS. The van der Waals surface area contributed by atoms with Gasteiger partial charge in [0, 0.05) is 5.38 Å². The van der Waals surface area contributed by atoms with Crippen molar-refractivity contribution >= 4 is 24.2 Å². The summed E-state index contributed by atoms with van der Waals surface area (Å²) in [5, 5.41) is 5.00. The van der Waals surface area contributed by atoms with Crippen molar-refractivity contribution < 1.29 is 4.79 Å². The molecule has 0 unspecified atom stereocenters. The number of carbonyl (C=O) groups is 1. The van der Waals surface area contributed by atoms with Crippen LogP contribution in [0.4, 0.5) is 0 Å². The minimum Gasteiger partial charge on any atom is -0.265 e. The van der Waals surface area contributed by atoms with Gasteiger partial charge in [-0.1, -0.05) is 4.49 Å². The van der Waals surface area contributed by atoms with Gasteiger partial charge >= 0.3 is 0 Å². The van der Waals surface area contributed by atoms with Gasteiger partial charge in [-0.3, -0.25) is 4.79 Å². The van der Waals surface area contributed by atoms with Crippen molar-refractivity contribution in [3.05, 3.63) is 11.1 Å². The highest BCUT2D eigenvalue weighted by molar-refractivity contribution is 7.03. The summed E-state index contributed by atoms with van der Waals surface area (Å²) in [6.45, 7) is 3.05. The van der Waals surface area contributed by atoms with Crippen molar-refractivity contribution in [1.29, 1.82) is 0 Å². The first-order valence-corrected chi connectivity index (χ1v) is 2.96. The van der Waals surface area contributed by atoms with E-state index < -0.39 is 5.91 Å². The molecule has 1 rings (SSSR count). The lowest BCUT2D eigenvalue weighted by molar-refractivity contribution is 0.0999. The van der Waals surface area contributed by atoms with E-state index in [0.29, 0.717) is 0 Å². The number of rotatable bonds is 1. The molecule has 1 heterocycles. The van der Waals surface area contributed by atoms with E-state index in [0.717, 1.165) is 11.5 Å². The highest BCUT2D eigenvalue weighted by Gasteiger charge is 2.03. The molecule has 0 N–H and O–H groups in total. The molecule has 1 amide bonds. The Kier molecular flexibility index (Phi) is 1.64. The molecule has 9 heavy (non-hydrogen) atoms. The molecule has 1 aromatic rings. The van der Waals surface area contributed by atoms with Crippen LogP contribution in [0.15, 0.2) is 10.4 Å². The molecule has 0 aromatic carbocycles. The zero-order valence-electron chi connectivity index (χ0n) is 4.44. The molecule has 0 radical (unpaired) electrons. The van der Waals surface area contributed by atoms with Crippen molar-refractivity contribution in [2.75, 3.05) is 0 Å². The molecule has 0 aliphatic heterocycles. The second-order valence-electron chi connectivity index (χ2n) is 1.25. The van der Waals surface area contributed by atoms with Crippen LogP contribution in [0.25, 0.3) is 0 Å². The fraction of sp³-hybridized carbons (Fsp3) is 0. The van der Waals surface area contributed by atoms with Crippen LogP contribution in [0.3, 0.4) is 0 Å².